The van der Waals surface area contributed by atoms with Gasteiger partial charge in [-0.05, 0) is 48.6 Å². The van der Waals surface area contributed by atoms with Gasteiger partial charge in [0.2, 0.25) is 21.8 Å². The molecule has 1 saturated heterocycles. The number of carbonyl (C=O) groups excluding carboxylic acids is 2. The van der Waals surface area contributed by atoms with E-state index in [2.05, 4.69) is 5.32 Å². The van der Waals surface area contributed by atoms with Gasteiger partial charge < -0.3 is 10.2 Å². The number of amides is 2. The second kappa shape index (κ2) is 8.80. The van der Waals surface area contributed by atoms with Gasteiger partial charge in [0, 0.05) is 31.7 Å². The van der Waals surface area contributed by atoms with E-state index in [1.54, 1.807) is 13.0 Å². The lowest BCUT2D eigenvalue weighted by Gasteiger charge is -2.34. The van der Waals surface area contributed by atoms with Gasteiger partial charge in [-0.3, -0.25) is 9.59 Å². The van der Waals surface area contributed by atoms with Crippen molar-refractivity contribution in [3.05, 3.63) is 65.2 Å². The molecular weight excluding hydrogens is 414 g/mol. The summed E-state index contributed by atoms with van der Waals surface area (Å²) in [5, 5.41) is 2.90. The van der Waals surface area contributed by atoms with Crippen LogP contribution in [0, 0.1) is 0 Å². The lowest BCUT2D eigenvalue weighted by molar-refractivity contribution is -0.128. The largest absolute Gasteiger partial charge is 0.338 e. The van der Waals surface area contributed by atoms with Crippen LogP contribution in [0.25, 0.3) is 0 Å². The van der Waals surface area contributed by atoms with Gasteiger partial charge in [0.25, 0.3) is 0 Å². The third kappa shape index (κ3) is 4.65. The number of carbonyl (C=O) groups is 2. The van der Waals surface area contributed by atoms with Gasteiger partial charge in [0.15, 0.2) is 0 Å². The predicted octanol–water partition coefficient (Wildman–Crippen LogP) is 2.52. The zero-order valence-corrected chi connectivity index (χ0v) is 18.4. The number of anilines is 1. The highest BCUT2D eigenvalue weighted by Gasteiger charge is 2.38. The molecule has 2 aliphatic heterocycles. The third-order valence-corrected chi connectivity index (χ3v) is 7.80. The molecule has 1 N–H and O–H groups in total. The van der Waals surface area contributed by atoms with Crippen molar-refractivity contribution < 1.29 is 18.0 Å². The molecule has 8 heteroatoms. The van der Waals surface area contributed by atoms with E-state index in [0.29, 0.717) is 25.1 Å². The van der Waals surface area contributed by atoms with Crippen LogP contribution in [0.4, 0.5) is 5.69 Å². The Morgan fingerprint density at radius 3 is 2.61 bits per heavy atom. The van der Waals surface area contributed by atoms with Crippen molar-refractivity contribution in [3.63, 3.8) is 0 Å². The van der Waals surface area contributed by atoms with Crippen LogP contribution in [0.2, 0.25) is 0 Å². The van der Waals surface area contributed by atoms with Crippen molar-refractivity contribution in [3.8, 4) is 0 Å². The minimum atomic E-state index is -3.55. The van der Waals surface area contributed by atoms with Crippen LogP contribution in [0.5, 0.6) is 0 Å². The monoisotopic (exact) mass is 441 g/mol. The summed E-state index contributed by atoms with van der Waals surface area (Å²) >= 11 is 0. The molecule has 1 atom stereocenters. The van der Waals surface area contributed by atoms with Crippen LogP contribution >= 0.6 is 0 Å². The standard InChI is InChI=1S/C23H27N3O4S/c1-2-31(29,30)26-16-19-9-4-3-8-18(19)14-21(26)23(28)24-20-10-5-7-17(13-20)15-25-12-6-11-22(25)27/h3-5,7-10,13,21H,2,6,11-12,14-16H2,1H3,(H,24,28). The van der Waals surface area contributed by atoms with E-state index in [1.165, 1.54) is 4.31 Å². The highest BCUT2D eigenvalue weighted by atomic mass is 32.2. The molecule has 2 aliphatic rings. The molecule has 2 heterocycles. The zero-order valence-electron chi connectivity index (χ0n) is 17.6. The Kier molecular flexibility index (Phi) is 6.11. The Bertz CT molecular complexity index is 1100. The number of fused-ring (bicyclic) bond motifs is 1. The number of rotatable bonds is 6. The fraction of sp³-hybridized carbons (Fsp3) is 0.391. The number of nitrogens with zero attached hydrogens (tertiary/aromatic N) is 2. The lowest BCUT2D eigenvalue weighted by Crippen LogP contribution is -2.51. The van der Waals surface area contributed by atoms with E-state index in [4.69, 9.17) is 0 Å². The first kappa shape index (κ1) is 21.5. The highest BCUT2D eigenvalue weighted by Crippen LogP contribution is 2.27. The Balaban J connectivity index is 1.54. The third-order valence-electron chi connectivity index (χ3n) is 5.97. The summed E-state index contributed by atoms with van der Waals surface area (Å²) in [6, 6.07) is 14.2. The van der Waals surface area contributed by atoms with E-state index in [0.717, 1.165) is 29.7 Å². The molecular formula is C23H27N3O4S. The Labute approximate surface area is 183 Å². The molecule has 1 fully saturated rings. The average molecular weight is 442 g/mol. The zero-order chi connectivity index (χ0) is 22.0. The summed E-state index contributed by atoms with van der Waals surface area (Å²) in [6.45, 7) is 3.05. The van der Waals surface area contributed by atoms with Crippen LogP contribution in [-0.2, 0) is 39.1 Å². The summed E-state index contributed by atoms with van der Waals surface area (Å²) in [5.74, 6) is -0.255. The average Bonchev–Trinajstić information content (AvgIpc) is 3.17. The van der Waals surface area contributed by atoms with E-state index >= 15 is 0 Å². The maximum absolute atomic E-state index is 13.2. The molecule has 0 aromatic heterocycles. The Hall–Kier alpha value is -2.71. The fourth-order valence-corrected chi connectivity index (χ4v) is 5.47. The van der Waals surface area contributed by atoms with Crippen molar-refractivity contribution in [1.29, 1.82) is 0 Å². The summed E-state index contributed by atoms with van der Waals surface area (Å²) in [4.78, 5) is 26.9. The van der Waals surface area contributed by atoms with Crippen LogP contribution in [-0.4, -0.2) is 47.8 Å². The van der Waals surface area contributed by atoms with Crippen LogP contribution in [0.3, 0.4) is 0 Å². The first-order valence-corrected chi connectivity index (χ1v) is 12.2. The van der Waals surface area contributed by atoms with E-state index < -0.39 is 16.1 Å². The number of sulfonamides is 1. The Morgan fingerprint density at radius 2 is 1.90 bits per heavy atom. The normalized spacial score (nSPS) is 19.3. The maximum atomic E-state index is 13.2. The highest BCUT2D eigenvalue weighted by molar-refractivity contribution is 7.89. The first-order valence-electron chi connectivity index (χ1n) is 10.6. The van der Waals surface area contributed by atoms with Crippen LogP contribution in [0.1, 0.15) is 36.5 Å². The predicted molar refractivity (Wildman–Crippen MR) is 119 cm³/mol. The second-order valence-corrected chi connectivity index (χ2v) is 10.3. The number of hydrogen-bond acceptors (Lipinski definition) is 4. The molecule has 4 rings (SSSR count). The summed E-state index contributed by atoms with van der Waals surface area (Å²) < 4.78 is 26.8. The van der Waals surface area contributed by atoms with Gasteiger partial charge >= 0.3 is 0 Å². The van der Waals surface area contributed by atoms with Crippen molar-refractivity contribution in [2.24, 2.45) is 0 Å². The molecule has 1 unspecified atom stereocenters. The maximum Gasteiger partial charge on any atom is 0.243 e. The molecule has 7 nitrogen and oxygen atoms in total. The number of likely N-dealkylation sites (tertiary alicyclic amines) is 1. The molecule has 2 aromatic carbocycles. The van der Waals surface area contributed by atoms with Crippen molar-refractivity contribution in [2.45, 2.75) is 45.3 Å². The SMILES string of the molecule is CCS(=O)(=O)N1Cc2ccccc2CC1C(=O)Nc1cccc(CN2CCCC2=O)c1. The summed E-state index contributed by atoms with van der Waals surface area (Å²) in [6.07, 6.45) is 1.80. The van der Waals surface area contributed by atoms with E-state index in [-0.39, 0.29) is 24.1 Å². The van der Waals surface area contributed by atoms with E-state index in [1.807, 2.05) is 47.4 Å². The van der Waals surface area contributed by atoms with Gasteiger partial charge in [0.05, 0.1) is 5.75 Å². The molecule has 0 radical (unpaired) electrons. The van der Waals surface area contributed by atoms with Crippen LogP contribution in [0.15, 0.2) is 48.5 Å². The molecule has 31 heavy (non-hydrogen) atoms. The minimum absolute atomic E-state index is 0.0572. The van der Waals surface area contributed by atoms with Gasteiger partial charge in [-0.1, -0.05) is 36.4 Å². The molecule has 2 aromatic rings. The quantitative estimate of drug-likeness (QED) is 0.746. The summed E-state index contributed by atoms with van der Waals surface area (Å²) in [7, 11) is -3.55. The molecule has 0 bridgehead atoms. The fourth-order valence-electron chi connectivity index (χ4n) is 4.25. The van der Waals surface area contributed by atoms with Gasteiger partial charge in [-0.2, -0.15) is 4.31 Å². The van der Waals surface area contributed by atoms with Crippen LogP contribution < -0.4 is 5.32 Å². The first-order chi connectivity index (χ1) is 14.9. The number of hydrogen-bond donors (Lipinski definition) is 1. The number of nitrogens with one attached hydrogen (secondary N) is 1. The molecule has 0 spiro atoms. The lowest BCUT2D eigenvalue weighted by atomic mass is 9.95. The molecule has 0 aliphatic carbocycles. The van der Waals surface area contributed by atoms with Crippen molar-refractivity contribution in [1.82, 2.24) is 9.21 Å². The molecule has 164 valence electrons. The Morgan fingerprint density at radius 1 is 1.13 bits per heavy atom. The second-order valence-electron chi connectivity index (χ2n) is 8.04. The van der Waals surface area contributed by atoms with Gasteiger partial charge in [0.1, 0.15) is 6.04 Å². The smallest absolute Gasteiger partial charge is 0.243 e. The minimum Gasteiger partial charge on any atom is -0.338 e. The van der Waals surface area contributed by atoms with Gasteiger partial charge in [-0.25, -0.2) is 8.42 Å². The number of benzene rings is 2. The molecule has 2 amide bonds. The van der Waals surface area contributed by atoms with Crippen molar-refractivity contribution in [2.75, 3.05) is 17.6 Å². The van der Waals surface area contributed by atoms with Crippen molar-refractivity contribution >= 4 is 27.5 Å². The van der Waals surface area contributed by atoms with Gasteiger partial charge in [-0.15, -0.1) is 0 Å². The topological polar surface area (TPSA) is 86.8 Å². The molecule has 0 saturated carbocycles. The summed E-state index contributed by atoms with van der Waals surface area (Å²) in [5.41, 5.74) is 3.45. The van der Waals surface area contributed by atoms with E-state index in [9.17, 15) is 18.0 Å².